The molecular weight excluding hydrogens is 336 g/mol. The van der Waals surface area contributed by atoms with Gasteiger partial charge in [-0.05, 0) is 26.7 Å². The third-order valence-corrected chi connectivity index (χ3v) is 5.23. The summed E-state index contributed by atoms with van der Waals surface area (Å²) in [7, 11) is -1.87. The molecule has 1 aliphatic heterocycles. The normalized spacial score (nSPS) is 21.4. The Morgan fingerprint density at radius 2 is 2.08 bits per heavy atom. The zero-order valence-corrected chi connectivity index (χ0v) is 15.2. The van der Waals surface area contributed by atoms with Crippen LogP contribution in [0, 0.1) is 6.92 Å². The fourth-order valence-corrected chi connectivity index (χ4v) is 3.24. The number of ether oxygens (including phenoxy) is 1. The Balaban J connectivity index is 1.99. The van der Waals surface area contributed by atoms with Crippen molar-refractivity contribution in [3.8, 4) is 0 Å². The summed E-state index contributed by atoms with van der Waals surface area (Å²) in [5, 5.41) is 3.73. The van der Waals surface area contributed by atoms with Crippen LogP contribution in [0.4, 0.5) is 0 Å². The van der Waals surface area contributed by atoms with E-state index in [1.165, 1.54) is 4.90 Å². The zero-order valence-electron chi connectivity index (χ0n) is 14.4. The summed E-state index contributed by atoms with van der Waals surface area (Å²) in [6.07, 6.45) is 1.80. The second-order valence-corrected chi connectivity index (χ2v) is 7.95. The Bertz CT molecular complexity index is 674. The molecule has 10 heteroatoms. The molecule has 24 heavy (non-hydrogen) atoms. The van der Waals surface area contributed by atoms with E-state index in [-0.39, 0.29) is 31.2 Å². The number of aryl methyl sites for hydroxylation is 1. The third-order valence-electron chi connectivity index (χ3n) is 4.01. The molecule has 0 aromatic carbocycles. The molecule has 2 heterocycles. The summed E-state index contributed by atoms with van der Waals surface area (Å²) < 4.78 is 36.0. The molecule has 1 amide bonds. The Hall–Kier alpha value is -1.52. The second kappa shape index (κ2) is 7.58. The van der Waals surface area contributed by atoms with Crippen molar-refractivity contribution in [1.82, 2.24) is 19.3 Å². The molecule has 0 bridgehead atoms. The topological polar surface area (TPSA) is 106 Å². The smallest absolute Gasteiger partial charge is 0.255 e. The summed E-state index contributed by atoms with van der Waals surface area (Å²) in [6.45, 7) is 4.02. The Labute approximate surface area is 142 Å². The third kappa shape index (κ3) is 4.74. The van der Waals surface area contributed by atoms with Gasteiger partial charge >= 0.3 is 0 Å². The van der Waals surface area contributed by atoms with Crippen LogP contribution in [-0.4, -0.2) is 72.7 Å². The van der Waals surface area contributed by atoms with Gasteiger partial charge in [0.15, 0.2) is 5.82 Å². The number of aromatic nitrogens is 2. The molecule has 0 saturated carbocycles. The Morgan fingerprint density at radius 3 is 2.62 bits per heavy atom. The predicted octanol–water partition coefficient (Wildman–Crippen LogP) is 0.338. The lowest BCUT2D eigenvalue weighted by molar-refractivity contribution is -0.130. The molecule has 0 N–H and O–H groups in total. The number of amides is 1. The van der Waals surface area contributed by atoms with Crippen molar-refractivity contribution >= 4 is 15.9 Å². The van der Waals surface area contributed by atoms with Crippen LogP contribution in [-0.2, 0) is 19.6 Å². The van der Waals surface area contributed by atoms with Gasteiger partial charge in [-0.25, -0.2) is 8.42 Å². The number of nitrogens with zero attached hydrogens (tertiary/aromatic N) is 4. The van der Waals surface area contributed by atoms with E-state index in [0.717, 1.165) is 10.6 Å². The molecule has 1 aromatic rings. The average Bonchev–Trinajstić information content (AvgIpc) is 3.13. The average molecular weight is 360 g/mol. The van der Waals surface area contributed by atoms with Crippen molar-refractivity contribution in [1.29, 1.82) is 0 Å². The van der Waals surface area contributed by atoms with Gasteiger partial charge in [0.05, 0.1) is 18.9 Å². The van der Waals surface area contributed by atoms with Crippen molar-refractivity contribution in [2.24, 2.45) is 0 Å². The van der Waals surface area contributed by atoms with Gasteiger partial charge in [-0.1, -0.05) is 5.16 Å². The summed E-state index contributed by atoms with van der Waals surface area (Å²) in [5.41, 5.74) is 0. The first-order valence-corrected chi connectivity index (χ1v) is 9.70. The van der Waals surface area contributed by atoms with Gasteiger partial charge in [0.25, 0.3) is 5.89 Å². The number of hydrogen-bond donors (Lipinski definition) is 0. The van der Waals surface area contributed by atoms with Crippen molar-refractivity contribution in [2.45, 2.75) is 38.9 Å². The highest BCUT2D eigenvalue weighted by atomic mass is 32.2. The molecule has 0 unspecified atom stereocenters. The van der Waals surface area contributed by atoms with Crippen LogP contribution >= 0.6 is 0 Å². The van der Waals surface area contributed by atoms with Gasteiger partial charge in [-0.15, -0.1) is 0 Å². The number of carbonyl (C=O) groups excluding carboxylic acids is 1. The molecule has 2 atom stereocenters. The van der Waals surface area contributed by atoms with Gasteiger partial charge in [0.2, 0.25) is 15.9 Å². The SMILES string of the molecule is CCN(C)C(=O)CN(C[C@H]1CC[C@@H](c2nc(C)no2)O1)S(C)(=O)=O. The van der Waals surface area contributed by atoms with E-state index in [4.69, 9.17) is 9.26 Å². The van der Waals surface area contributed by atoms with Crippen LogP contribution in [0.5, 0.6) is 0 Å². The van der Waals surface area contributed by atoms with Crippen LogP contribution < -0.4 is 0 Å². The van der Waals surface area contributed by atoms with Crippen LogP contribution in [0.2, 0.25) is 0 Å². The first kappa shape index (κ1) is 18.8. The van der Waals surface area contributed by atoms with Gasteiger partial charge in [-0.2, -0.15) is 9.29 Å². The molecule has 1 fully saturated rings. The van der Waals surface area contributed by atoms with Gasteiger partial charge < -0.3 is 14.2 Å². The minimum Gasteiger partial charge on any atom is -0.364 e. The molecule has 0 spiro atoms. The highest BCUT2D eigenvalue weighted by Gasteiger charge is 2.34. The first-order chi connectivity index (χ1) is 11.2. The largest absolute Gasteiger partial charge is 0.364 e. The molecular formula is C14H24N4O5S. The van der Waals surface area contributed by atoms with E-state index in [1.807, 2.05) is 6.92 Å². The maximum Gasteiger partial charge on any atom is 0.255 e. The van der Waals surface area contributed by atoms with Crippen molar-refractivity contribution in [3.63, 3.8) is 0 Å². The molecule has 136 valence electrons. The van der Waals surface area contributed by atoms with E-state index in [1.54, 1.807) is 14.0 Å². The first-order valence-electron chi connectivity index (χ1n) is 7.85. The summed E-state index contributed by atoms with van der Waals surface area (Å²) >= 11 is 0. The molecule has 0 aliphatic carbocycles. The number of carbonyl (C=O) groups is 1. The second-order valence-electron chi connectivity index (χ2n) is 5.97. The maximum atomic E-state index is 12.0. The molecule has 1 saturated heterocycles. The monoisotopic (exact) mass is 360 g/mol. The summed E-state index contributed by atoms with van der Waals surface area (Å²) in [4.78, 5) is 17.7. The maximum absolute atomic E-state index is 12.0. The Kier molecular flexibility index (Phi) is 5.94. The van der Waals surface area contributed by atoms with E-state index in [0.29, 0.717) is 31.1 Å². The highest BCUT2D eigenvalue weighted by Crippen LogP contribution is 2.32. The lowest BCUT2D eigenvalue weighted by Crippen LogP contribution is -2.44. The molecule has 9 nitrogen and oxygen atoms in total. The van der Waals surface area contributed by atoms with Gasteiger partial charge in [-0.3, -0.25) is 4.79 Å². The van der Waals surface area contributed by atoms with E-state index in [9.17, 15) is 13.2 Å². The fraction of sp³-hybridized carbons (Fsp3) is 0.786. The molecule has 0 radical (unpaired) electrons. The fourth-order valence-electron chi connectivity index (χ4n) is 2.46. The van der Waals surface area contributed by atoms with E-state index >= 15 is 0 Å². The molecule has 2 rings (SSSR count). The number of sulfonamides is 1. The number of likely N-dealkylation sites (N-methyl/N-ethyl adjacent to an activating group) is 1. The predicted molar refractivity (Wildman–Crippen MR) is 85.6 cm³/mol. The van der Waals surface area contributed by atoms with Gasteiger partial charge in [0, 0.05) is 20.1 Å². The van der Waals surface area contributed by atoms with Crippen molar-refractivity contribution < 1.29 is 22.5 Å². The van der Waals surface area contributed by atoms with E-state index in [2.05, 4.69) is 10.1 Å². The number of rotatable bonds is 7. The summed E-state index contributed by atoms with van der Waals surface area (Å²) in [5.74, 6) is 0.690. The van der Waals surface area contributed by atoms with Crippen molar-refractivity contribution in [3.05, 3.63) is 11.7 Å². The lowest BCUT2D eigenvalue weighted by atomic mass is 10.2. The standard InChI is InChI=1S/C14H24N4O5S/c1-5-17(3)13(19)9-18(24(4,20)21)8-11-6-7-12(22-11)14-15-10(2)16-23-14/h11-12H,5-9H2,1-4H3/t11-,12+/m1/s1. The zero-order chi connectivity index (χ0) is 17.9. The van der Waals surface area contributed by atoms with Crippen LogP contribution in [0.25, 0.3) is 0 Å². The van der Waals surface area contributed by atoms with Crippen molar-refractivity contribution in [2.75, 3.05) is 32.9 Å². The highest BCUT2D eigenvalue weighted by molar-refractivity contribution is 7.88. The van der Waals surface area contributed by atoms with E-state index < -0.39 is 10.0 Å². The summed E-state index contributed by atoms with van der Waals surface area (Å²) in [6, 6.07) is 0. The Morgan fingerprint density at radius 1 is 1.38 bits per heavy atom. The minimum absolute atomic E-state index is 0.131. The number of hydrogen-bond acceptors (Lipinski definition) is 7. The lowest BCUT2D eigenvalue weighted by Gasteiger charge is -2.25. The molecule has 1 aromatic heterocycles. The van der Waals surface area contributed by atoms with Crippen LogP contribution in [0.1, 0.15) is 37.6 Å². The molecule has 1 aliphatic rings. The quantitative estimate of drug-likeness (QED) is 0.690. The minimum atomic E-state index is -3.51. The van der Waals surface area contributed by atoms with Crippen LogP contribution in [0.15, 0.2) is 4.52 Å². The van der Waals surface area contributed by atoms with Crippen LogP contribution in [0.3, 0.4) is 0 Å². The van der Waals surface area contributed by atoms with Gasteiger partial charge in [0.1, 0.15) is 6.10 Å².